The van der Waals surface area contributed by atoms with Crippen LogP contribution in [-0.2, 0) is 24.5 Å². The number of ether oxygens (including phenoxy) is 1. The van der Waals surface area contributed by atoms with Gasteiger partial charge in [-0.3, -0.25) is 0 Å². The van der Waals surface area contributed by atoms with Gasteiger partial charge in [-0.05, 0) is 63.8 Å². The highest BCUT2D eigenvalue weighted by Gasteiger charge is 2.51. The molecular weight excluding hydrogens is 483 g/mol. The summed E-state index contributed by atoms with van der Waals surface area (Å²) >= 11 is 6.15. The van der Waals surface area contributed by atoms with Crippen molar-refractivity contribution in [1.29, 1.82) is 0 Å². The standard InChI is InChI=1S/C20H23ClF3NO5S.C2H6/c1-12-9-14-13(10-15(12)21)16(30-31(27,28)20(22,23)24)11-19(14)5-7-25(8-6-19)17(26)29-18(2,3)4;1-2/h9-11H,5-8H2,1-4H3;1-2H3. The molecule has 1 aliphatic heterocycles. The van der Waals surface area contributed by atoms with E-state index in [4.69, 9.17) is 16.3 Å². The third kappa shape index (κ3) is 5.77. The smallest absolute Gasteiger partial charge is 0.444 e. The number of allylic oxidation sites excluding steroid dienone is 1. The summed E-state index contributed by atoms with van der Waals surface area (Å²) in [4.78, 5) is 13.9. The van der Waals surface area contributed by atoms with Crippen LogP contribution < -0.4 is 0 Å². The topological polar surface area (TPSA) is 72.9 Å². The number of nitrogens with zero attached hydrogens (tertiary/aromatic N) is 1. The SMILES string of the molecule is CC.Cc1cc2c(cc1Cl)C(OS(=O)(=O)C(F)(F)F)=CC21CCN(C(=O)OC(C)(C)C)CC1. The van der Waals surface area contributed by atoms with Crippen molar-refractivity contribution >= 4 is 33.6 Å². The Morgan fingerprint density at radius 1 is 1.12 bits per heavy atom. The molecule has 0 atom stereocenters. The van der Waals surface area contributed by atoms with E-state index in [-0.39, 0.29) is 23.7 Å². The number of hydrogen-bond acceptors (Lipinski definition) is 5. The second kappa shape index (κ2) is 9.37. The van der Waals surface area contributed by atoms with Crippen molar-refractivity contribution in [3.8, 4) is 0 Å². The van der Waals surface area contributed by atoms with E-state index in [2.05, 4.69) is 4.18 Å². The minimum atomic E-state index is -5.84. The van der Waals surface area contributed by atoms with Gasteiger partial charge in [-0.1, -0.05) is 31.5 Å². The first-order chi connectivity index (χ1) is 15.0. The highest BCUT2D eigenvalue weighted by molar-refractivity contribution is 7.87. The van der Waals surface area contributed by atoms with Gasteiger partial charge in [0.2, 0.25) is 0 Å². The van der Waals surface area contributed by atoms with Gasteiger partial charge >= 0.3 is 21.7 Å². The maximum atomic E-state index is 12.9. The lowest BCUT2D eigenvalue weighted by molar-refractivity contribution is -0.0509. The molecule has 0 N–H and O–H groups in total. The summed E-state index contributed by atoms with van der Waals surface area (Å²) in [6.45, 7) is 11.6. The molecule has 1 spiro atoms. The van der Waals surface area contributed by atoms with E-state index in [1.807, 2.05) is 13.8 Å². The predicted molar refractivity (Wildman–Crippen MR) is 120 cm³/mol. The zero-order valence-electron chi connectivity index (χ0n) is 19.5. The van der Waals surface area contributed by atoms with E-state index in [9.17, 15) is 26.4 Å². The summed E-state index contributed by atoms with van der Waals surface area (Å²) < 4.78 is 71.8. The average Bonchev–Trinajstić information content (AvgIpc) is 2.94. The summed E-state index contributed by atoms with van der Waals surface area (Å²) in [5, 5.41) is 0.279. The number of hydrogen-bond donors (Lipinski definition) is 0. The molecule has 0 unspecified atom stereocenters. The van der Waals surface area contributed by atoms with Crippen LogP contribution in [0, 0.1) is 6.92 Å². The second-order valence-electron chi connectivity index (χ2n) is 8.76. The zero-order valence-corrected chi connectivity index (χ0v) is 21.0. The lowest BCUT2D eigenvalue weighted by Gasteiger charge is -2.39. The van der Waals surface area contributed by atoms with Crippen LogP contribution >= 0.6 is 11.6 Å². The largest absolute Gasteiger partial charge is 0.534 e. The molecule has 0 saturated carbocycles. The first-order valence-electron chi connectivity index (χ1n) is 10.6. The molecule has 1 saturated heterocycles. The summed E-state index contributed by atoms with van der Waals surface area (Å²) in [5.41, 5.74) is -5.47. The normalized spacial score (nSPS) is 17.6. The third-order valence-electron chi connectivity index (χ3n) is 5.30. The number of carbonyl (C=O) groups is 1. The second-order valence-corrected chi connectivity index (χ2v) is 10.7. The number of fused-ring (bicyclic) bond motifs is 2. The molecule has 1 aromatic carbocycles. The average molecular weight is 512 g/mol. The van der Waals surface area contributed by atoms with Crippen LogP contribution in [0.2, 0.25) is 5.02 Å². The maximum absolute atomic E-state index is 12.9. The molecule has 1 aromatic rings. The van der Waals surface area contributed by atoms with Crippen LogP contribution in [0.1, 0.15) is 64.2 Å². The zero-order chi connectivity index (χ0) is 25.4. The molecule has 0 aromatic heterocycles. The van der Waals surface area contributed by atoms with Crippen molar-refractivity contribution < 1.29 is 35.3 Å². The van der Waals surface area contributed by atoms with Gasteiger partial charge in [0.05, 0.1) is 0 Å². The minimum Gasteiger partial charge on any atom is -0.444 e. The third-order valence-corrected chi connectivity index (χ3v) is 6.67. The number of halogens is 4. The van der Waals surface area contributed by atoms with Crippen molar-refractivity contribution in [3.63, 3.8) is 0 Å². The Labute approximate surface area is 197 Å². The summed E-state index contributed by atoms with van der Waals surface area (Å²) in [5.74, 6) is -0.403. The van der Waals surface area contributed by atoms with Crippen molar-refractivity contribution in [3.05, 3.63) is 39.9 Å². The Hall–Kier alpha value is -1.94. The number of carbonyl (C=O) groups excluding carboxylic acids is 1. The molecule has 1 aliphatic carbocycles. The molecule has 3 rings (SSSR count). The molecule has 6 nitrogen and oxygen atoms in total. The number of piperidine rings is 1. The molecule has 1 fully saturated rings. The highest BCUT2D eigenvalue weighted by atomic mass is 35.5. The molecule has 186 valence electrons. The fourth-order valence-corrected chi connectivity index (χ4v) is 4.40. The van der Waals surface area contributed by atoms with Crippen molar-refractivity contribution in [2.75, 3.05) is 13.1 Å². The van der Waals surface area contributed by atoms with Gasteiger partial charge in [0, 0.05) is 29.1 Å². The fourth-order valence-electron chi connectivity index (χ4n) is 3.77. The van der Waals surface area contributed by atoms with Crippen LogP contribution in [0.5, 0.6) is 0 Å². The van der Waals surface area contributed by atoms with Gasteiger partial charge in [-0.2, -0.15) is 21.6 Å². The van der Waals surface area contributed by atoms with E-state index < -0.39 is 38.5 Å². The van der Waals surface area contributed by atoms with Crippen LogP contribution in [0.15, 0.2) is 18.2 Å². The van der Waals surface area contributed by atoms with Gasteiger partial charge < -0.3 is 13.8 Å². The Balaban J connectivity index is 0.00000187. The summed E-state index contributed by atoms with van der Waals surface area (Å²) in [7, 11) is -5.84. The van der Waals surface area contributed by atoms with Gasteiger partial charge in [0.25, 0.3) is 0 Å². The molecule has 0 radical (unpaired) electrons. The van der Waals surface area contributed by atoms with Gasteiger partial charge in [0.15, 0.2) is 0 Å². The molecule has 33 heavy (non-hydrogen) atoms. The number of aryl methyl sites for hydroxylation is 1. The first-order valence-corrected chi connectivity index (χ1v) is 12.4. The molecule has 2 aliphatic rings. The summed E-state index contributed by atoms with van der Waals surface area (Å²) in [6, 6.07) is 3.15. The van der Waals surface area contributed by atoms with E-state index >= 15 is 0 Å². The number of alkyl halides is 3. The van der Waals surface area contributed by atoms with Gasteiger partial charge in [-0.25, -0.2) is 4.79 Å². The fraction of sp³-hybridized carbons (Fsp3) is 0.591. The van der Waals surface area contributed by atoms with Crippen LogP contribution in [0.25, 0.3) is 5.76 Å². The van der Waals surface area contributed by atoms with Gasteiger partial charge in [0.1, 0.15) is 11.4 Å². The van der Waals surface area contributed by atoms with Crippen LogP contribution in [-0.4, -0.2) is 43.6 Å². The van der Waals surface area contributed by atoms with Crippen LogP contribution in [0.4, 0.5) is 18.0 Å². The number of rotatable bonds is 2. The van der Waals surface area contributed by atoms with E-state index in [0.29, 0.717) is 24.0 Å². The molecule has 1 amide bonds. The lowest BCUT2D eigenvalue weighted by atomic mass is 9.74. The predicted octanol–water partition coefficient (Wildman–Crippen LogP) is 6.16. The Morgan fingerprint density at radius 2 is 1.67 bits per heavy atom. The Kier molecular flexibility index (Phi) is 7.75. The first kappa shape index (κ1) is 27.3. The highest BCUT2D eigenvalue weighted by Crippen LogP contribution is 2.49. The lowest BCUT2D eigenvalue weighted by Crippen LogP contribution is -2.45. The molecule has 1 heterocycles. The monoisotopic (exact) mass is 511 g/mol. The van der Waals surface area contributed by atoms with Crippen molar-refractivity contribution in [1.82, 2.24) is 4.90 Å². The van der Waals surface area contributed by atoms with Gasteiger partial charge in [-0.15, -0.1) is 0 Å². The maximum Gasteiger partial charge on any atom is 0.534 e. The van der Waals surface area contributed by atoms with Crippen LogP contribution in [0.3, 0.4) is 0 Å². The number of amides is 1. The number of benzene rings is 1. The summed E-state index contributed by atoms with van der Waals surface area (Å²) in [6.07, 6.45) is 1.65. The van der Waals surface area contributed by atoms with E-state index in [0.717, 1.165) is 0 Å². The van der Waals surface area contributed by atoms with E-state index in [1.54, 1.807) is 33.8 Å². The Bertz CT molecular complexity index is 1040. The Morgan fingerprint density at radius 3 is 2.15 bits per heavy atom. The van der Waals surface area contributed by atoms with Crippen molar-refractivity contribution in [2.24, 2.45) is 0 Å². The van der Waals surface area contributed by atoms with Crippen molar-refractivity contribution in [2.45, 2.75) is 70.9 Å². The number of likely N-dealkylation sites (tertiary alicyclic amines) is 1. The molecule has 0 bridgehead atoms. The van der Waals surface area contributed by atoms with E-state index in [1.165, 1.54) is 17.0 Å². The quantitative estimate of drug-likeness (QED) is 0.351. The molecular formula is C22H29ClF3NO5S. The molecule has 11 heteroatoms. The minimum absolute atomic E-state index is 0.203.